The maximum Gasteiger partial charge on any atom is 0.306 e. The van der Waals surface area contributed by atoms with Crippen LogP contribution in [0.5, 0.6) is 0 Å². The van der Waals surface area contributed by atoms with E-state index in [1.165, 1.54) is 51.4 Å². The van der Waals surface area contributed by atoms with Gasteiger partial charge < -0.3 is 14.2 Å². The summed E-state index contributed by atoms with van der Waals surface area (Å²) in [5.41, 5.74) is 0. The van der Waals surface area contributed by atoms with Crippen molar-refractivity contribution >= 4 is 17.9 Å². The van der Waals surface area contributed by atoms with Crippen molar-refractivity contribution < 1.29 is 28.6 Å². The highest BCUT2D eigenvalue weighted by atomic mass is 16.6. The number of hydrogen-bond acceptors (Lipinski definition) is 6. The fourth-order valence-corrected chi connectivity index (χ4v) is 8.27. The maximum atomic E-state index is 12.9. The third-order valence-corrected chi connectivity index (χ3v) is 13.0. The Morgan fingerprint density at radius 1 is 0.266 bits per heavy atom. The first-order valence-electron chi connectivity index (χ1n) is 32.0. The van der Waals surface area contributed by atoms with Crippen molar-refractivity contribution in [2.45, 2.75) is 271 Å². The Labute approximate surface area is 486 Å². The van der Waals surface area contributed by atoms with Crippen LogP contribution in [0.1, 0.15) is 265 Å². The first-order valence-corrected chi connectivity index (χ1v) is 32.0. The van der Waals surface area contributed by atoms with Gasteiger partial charge in [-0.25, -0.2) is 0 Å². The molecule has 0 radical (unpaired) electrons. The predicted octanol–water partition coefficient (Wildman–Crippen LogP) is 22.1. The van der Waals surface area contributed by atoms with E-state index in [9.17, 15) is 14.4 Å². The standard InChI is InChI=1S/C73H116O6/c1-4-7-10-13-16-19-22-25-28-30-32-34-36-38-40-42-45-48-51-54-57-60-63-66-72(75)78-69-70(68-77-71(74)65-62-59-56-53-50-47-44-27-24-21-18-15-12-9-6-3)79-73(76)67-64-61-58-55-52-49-46-43-41-39-37-35-33-31-29-26-23-20-17-14-11-8-5-2/h7-8,10-11,16-17,19-20,25-29,32-35,38-41,44-46,48-49,70H,4-6,9,12-15,18,21-24,30-31,36-37,42-43,47,50-69H2,1-3H3/b10-7-,11-8-,19-16-,20-17-,28-25-,29-26-,34-32-,35-33-,40-38-,41-39-,44-27-,48-45-,49-46-. The van der Waals surface area contributed by atoms with E-state index in [0.29, 0.717) is 12.8 Å². The summed E-state index contributed by atoms with van der Waals surface area (Å²) in [5, 5.41) is 0. The van der Waals surface area contributed by atoms with Gasteiger partial charge in [-0.3, -0.25) is 14.4 Å². The summed E-state index contributed by atoms with van der Waals surface area (Å²) in [5.74, 6) is -0.969. The zero-order chi connectivity index (χ0) is 57.1. The van der Waals surface area contributed by atoms with Crippen molar-refractivity contribution in [3.05, 3.63) is 158 Å². The van der Waals surface area contributed by atoms with Crippen molar-refractivity contribution in [3.8, 4) is 0 Å². The number of allylic oxidation sites excluding steroid dienone is 26. The Kier molecular flexibility index (Phi) is 61.4. The summed E-state index contributed by atoms with van der Waals surface area (Å²) in [4.78, 5) is 38.3. The highest BCUT2D eigenvalue weighted by Crippen LogP contribution is 2.14. The van der Waals surface area contributed by atoms with Crippen LogP contribution in [-0.2, 0) is 28.6 Å². The Morgan fingerprint density at radius 2 is 0.494 bits per heavy atom. The first kappa shape index (κ1) is 74.0. The molecule has 0 N–H and O–H groups in total. The molecular formula is C73H116O6. The number of rotatable bonds is 56. The smallest absolute Gasteiger partial charge is 0.306 e. The number of hydrogen-bond donors (Lipinski definition) is 0. The third-order valence-electron chi connectivity index (χ3n) is 13.0. The molecule has 6 heteroatoms. The van der Waals surface area contributed by atoms with E-state index in [1.54, 1.807) is 0 Å². The van der Waals surface area contributed by atoms with Gasteiger partial charge in [-0.05, 0) is 148 Å². The lowest BCUT2D eigenvalue weighted by Gasteiger charge is -2.18. The quantitative estimate of drug-likeness (QED) is 0.0261. The van der Waals surface area contributed by atoms with E-state index < -0.39 is 6.10 Å². The molecule has 0 aromatic heterocycles. The molecule has 0 aromatic rings. The Bertz CT molecular complexity index is 1780. The molecule has 0 spiro atoms. The number of carbonyl (C=O) groups is 3. The molecule has 0 bridgehead atoms. The molecule has 0 rings (SSSR count). The van der Waals surface area contributed by atoms with Gasteiger partial charge in [0.25, 0.3) is 0 Å². The van der Waals surface area contributed by atoms with Crippen LogP contribution in [0.4, 0.5) is 0 Å². The maximum absolute atomic E-state index is 12.9. The van der Waals surface area contributed by atoms with Gasteiger partial charge in [0.1, 0.15) is 13.2 Å². The zero-order valence-electron chi connectivity index (χ0n) is 50.8. The van der Waals surface area contributed by atoms with Crippen LogP contribution in [0.2, 0.25) is 0 Å². The van der Waals surface area contributed by atoms with E-state index in [0.717, 1.165) is 173 Å². The molecule has 0 aliphatic heterocycles. The first-order chi connectivity index (χ1) is 39.0. The largest absolute Gasteiger partial charge is 0.462 e. The van der Waals surface area contributed by atoms with Crippen LogP contribution in [-0.4, -0.2) is 37.2 Å². The second-order valence-electron chi connectivity index (χ2n) is 20.5. The minimum atomic E-state index is -0.816. The van der Waals surface area contributed by atoms with Gasteiger partial charge in [-0.2, -0.15) is 0 Å². The highest BCUT2D eigenvalue weighted by Gasteiger charge is 2.19. The molecule has 0 aliphatic carbocycles. The molecule has 0 aromatic carbocycles. The van der Waals surface area contributed by atoms with Gasteiger partial charge in [0.15, 0.2) is 6.10 Å². The molecular weight excluding hydrogens is 973 g/mol. The Hall–Kier alpha value is -4.97. The van der Waals surface area contributed by atoms with Crippen LogP contribution in [0.3, 0.4) is 0 Å². The second-order valence-corrected chi connectivity index (χ2v) is 20.5. The lowest BCUT2D eigenvalue weighted by atomic mass is 10.1. The average molecular weight is 1090 g/mol. The molecule has 6 nitrogen and oxygen atoms in total. The lowest BCUT2D eigenvalue weighted by Crippen LogP contribution is -2.30. The van der Waals surface area contributed by atoms with Crippen molar-refractivity contribution in [3.63, 3.8) is 0 Å². The summed E-state index contributed by atoms with van der Waals surface area (Å²) in [6.07, 6.45) is 95.2. The molecule has 1 unspecified atom stereocenters. The van der Waals surface area contributed by atoms with Crippen molar-refractivity contribution in [1.29, 1.82) is 0 Å². The Morgan fingerprint density at radius 3 is 0.785 bits per heavy atom. The second kappa shape index (κ2) is 65.5. The van der Waals surface area contributed by atoms with Crippen LogP contribution in [0, 0.1) is 0 Å². The van der Waals surface area contributed by atoms with Crippen LogP contribution in [0.25, 0.3) is 0 Å². The number of ether oxygens (including phenoxy) is 3. The summed E-state index contributed by atoms with van der Waals surface area (Å²) < 4.78 is 16.9. The van der Waals surface area contributed by atoms with Gasteiger partial charge in [0, 0.05) is 19.3 Å². The van der Waals surface area contributed by atoms with Crippen LogP contribution < -0.4 is 0 Å². The molecule has 0 aliphatic rings. The van der Waals surface area contributed by atoms with Gasteiger partial charge in [0.2, 0.25) is 0 Å². The highest BCUT2D eigenvalue weighted by molar-refractivity contribution is 5.71. The van der Waals surface area contributed by atoms with Crippen LogP contribution >= 0.6 is 0 Å². The van der Waals surface area contributed by atoms with Gasteiger partial charge in [-0.1, -0.05) is 256 Å². The minimum Gasteiger partial charge on any atom is -0.462 e. The van der Waals surface area contributed by atoms with Crippen LogP contribution in [0.15, 0.2) is 158 Å². The minimum absolute atomic E-state index is 0.108. The number of carbonyl (C=O) groups excluding carboxylic acids is 3. The zero-order valence-corrected chi connectivity index (χ0v) is 50.8. The lowest BCUT2D eigenvalue weighted by molar-refractivity contribution is -0.167. The van der Waals surface area contributed by atoms with E-state index in [1.807, 2.05) is 0 Å². The SMILES string of the molecule is CC/C=C\C/C=C\C/C=C\C/C=C\C/C=C\C/C=C\CCCCCCC(=O)OCC(COC(=O)CCCCCCC/C=C\CCCCCCCC)OC(=O)CCCCCC/C=C\C/C=C\C/C=C\C/C=C\C/C=C\C/C=C\CC. The molecule has 0 amide bonds. The summed E-state index contributed by atoms with van der Waals surface area (Å²) in [7, 11) is 0. The van der Waals surface area contributed by atoms with E-state index in [4.69, 9.17) is 14.2 Å². The number of unbranched alkanes of at least 4 members (excludes halogenated alkanes) is 19. The molecule has 1 atom stereocenters. The molecule has 0 saturated heterocycles. The summed E-state index contributed by atoms with van der Waals surface area (Å²) in [6, 6.07) is 0. The molecule has 0 heterocycles. The third kappa shape index (κ3) is 63.7. The molecule has 444 valence electrons. The number of esters is 3. The van der Waals surface area contributed by atoms with Gasteiger partial charge >= 0.3 is 17.9 Å². The monoisotopic (exact) mass is 1090 g/mol. The van der Waals surface area contributed by atoms with Gasteiger partial charge in [-0.15, -0.1) is 0 Å². The average Bonchev–Trinajstić information content (AvgIpc) is 3.45. The predicted molar refractivity (Wildman–Crippen MR) is 343 cm³/mol. The summed E-state index contributed by atoms with van der Waals surface area (Å²) >= 11 is 0. The van der Waals surface area contributed by atoms with Crippen molar-refractivity contribution in [1.82, 2.24) is 0 Å². The topological polar surface area (TPSA) is 78.9 Å². The molecule has 0 saturated carbocycles. The van der Waals surface area contributed by atoms with Gasteiger partial charge in [0.05, 0.1) is 0 Å². The van der Waals surface area contributed by atoms with Crippen molar-refractivity contribution in [2.75, 3.05) is 13.2 Å². The normalized spacial score (nSPS) is 13.2. The van der Waals surface area contributed by atoms with Crippen molar-refractivity contribution in [2.24, 2.45) is 0 Å². The fraction of sp³-hybridized carbons (Fsp3) is 0.603. The summed E-state index contributed by atoms with van der Waals surface area (Å²) in [6.45, 7) is 6.36. The van der Waals surface area contributed by atoms with E-state index >= 15 is 0 Å². The molecule has 0 fully saturated rings. The molecule has 79 heavy (non-hydrogen) atoms. The van der Waals surface area contributed by atoms with E-state index in [-0.39, 0.29) is 37.5 Å². The Balaban J connectivity index is 4.53. The fourth-order valence-electron chi connectivity index (χ4n) is 8.27. The van der Waals surface area contributed by atoms with E-state index in [2.05, 4.69) is 179 Å².